The molecule has 1 aromatic carbocycles. The van der Waals surface area contributed by atoms with E-state index in [0.29, 0.717) is 5.56 Å². The summed E-state index contributed by atoms with van der Waals surface area (Å²) in [6.07, 6.45) is 1.69. The Morgan fingerprint density at radius 3 is 2.93 bits per heavy atom. The van der Waals surface area contributed by atoms with Gasteiger partial charge in [-0.2, -0.15) is 0 Å². The van der Waals surface area contributed by atoms with Crippen LogP contribution < -0.4 is 5.56 Å². The van der Waals surface area contributed by atoms with Crippen LogP contribution in [-0.2, 0) is 6.61 Å². The standard InChI is InChI=1S/C12H10NO2/c14-9-10-4-3-5-11(8-10)13-7-2-1-6-12(13)15/h1-3,5-8,14H,9H2. The lowest BCUT2D eigenvalue weighted by Crippen LogP contribution is -2.15. The molecular weight excluding hydrogens is 190 g/mol. The van der Waals surface area contributed by atoms with Crippen molar-refractivity contribution in [3.63, 3.8) is 0 Å². The molecule has 75 valence electrons. The van der Waals surface area contributed by atoms with Gasteiger partial charge in [0.25, 0.3) is 5.56 Å². The molecule has 1 aromatic heterocycles. The lowest BCUT2D eigenvalue weighted by molar-refractivity contribution is 0.281. The van der Waals surface area contributed by atoms with E-state index in [-0.39, 0.29) is 12.2 Å². The summed E-state index contributed by atoms with van der Waals surface area (Å²) >= 11 is 0. The molecule has 1 N–H and O–H groups in total. The largest absolute Gasteiger partial charge is 0.392 e. The summed E-state index contributed by atoms with van der Waals surface area (Å²) < 4.78 is 1.52. The zero-order valence-corrected chi connectivity index (χ0v) is 8.05. The lowest BCUT2D eigenvalue weighted by Gasteiger charge is -2.05. The summed E-state index contributed by atoms with van der Waals surface area (Å²) in [5.74, 6) is 0. The van der Waals surface area contributed by atoms with Crippen LogP contribution in [0, 0.1) is 6.07 Å². The highest BCUT2D eigenvalue weighted by molar-refractivity contribution is 5.35. The first-order valence-corrected chi connectivity index (χ1v) is 4.61. The summed E-state index contributed by atoms with van der Waals surface area (Å²) in [5, 5.41) is 8.96. The maximum atomic E-state index is 11.5. The molecule has 2 aromatic rings. The van der Waals surface area contributed by atoms with E-state index >= 15 is 0 Å². The molecule has 0 atom stereocenters. The van der Waals surface area contributed by atoms with Crippen molar-refractivity contribution in [3.8, 4) is 5.69 Å². The summed E-state index contributed by atoms with van der Waals surface area (Å²) in [5.41, 5.74) is 1.32. The van der Waals surface area contributed by atoms with Crippen LogP contribution in [0.25, 0.3) is 5.69 Å². The third-order valence-electron chi connectivity index (χ3n) is 2.12. The lowest BCUT2D eigenvalue weighted by atomic mass is 10.2. The molecule has 0 saturated heterocycles. The van der Waals surface area contributed by atoms with Crippen molar-refractivity contribution < 1.29 is 5.11 Å². The number of hydrogen-bond donors (Lipinski definition) is 1. The van der Waals surface area contributed by atoms with Crippen molar-refractivity contribution in [3.05, 3.63) is 64.6 Å². The second-order valence-corrected chi connectivity index (χ2v) is 3.14. The Balaban J connectivity index is 2.54. The quantitative estimate of drug-likeness (QED) is 0.789. The molecule has 0 fully saturated rings. The zero-order chi connectivity index (χ0) is 10.7. The number of hydrogen-bond acceptors (Lipinski definition) is 2. The van der Waals surface area contributed by atoms with Gasteiger partial charge < -0.3 is 5.11 Å². The SMILES string of the molecule is O=c1ccccn1-c1cc[c]c(CO)c1. The molecule has 3 nitrogen and oxygen atoms in total. The molecule has 0 saturated carbocycles. The highest BCUT2D eigenvalue weighted by Crippen LogP contribution is 2.07. The molecule has 15 heavy (non-hydrogen) atoms. The number of pyridine rings is 1. The molecule has 0 unspecified atom stereocenters. The van der Waals surface area contributed by atoms with E-state index in [9.17, 15) is 4.79 Å². The Kier molecular flexibility index (Phi) is 2.65. The molecule has 1 radical (unpaired) electrons. The maximum Gasteiger partial charge on any atom is 0.255 e. The van der Waals surface area contributed by atoms with Crippen LogP contribution in [0.4, 0.5) is 0 Å². The van der Waals surface area contributed by atoms with Crippen molar-refractivity contribution >= 4 is 0 Å². The number of aliphatic hydroxyl groups excluding tert-OH is 1. The maximum absolute atomic E-state index is 11.5. The Labute approximate surface area is 87.2 Å². The molecule has 2 rings (SSSR count). The van der Waals surface area contributed by atoms with Gasteiger partial charge in [-0.3, -0.25) is 9.36 Å². The number of nitrogens with zero attached hydrogens (tertiary/aromatic N) is 1. The molecule has 0 bridgehead atoms. The number of aromatic nitrogens is 1. The number of benzene rings is 1. The Morgan fingerprint density at radius 1 is 1.33 bits per heavy atom. The molecule has 0 aliphatic carbocycles. The van der Waals surface area contributed by atoms with Crippen molar-refractivity contribution in [2.45, 2.75) is 6.61 Å². The third-order valence-corrected chi connectivity index (χ3v) is 2.12. The Morgan fingerprint density at radius 2 is 2.20 bits per heavy atom. The van der Waals surface area contributed by atoms with Gasteiger partial charge in [0.05, 0.1) is 6.61 Å². The minimum atomic E-state index is -0.0902. The van der Waals surface area contributed by atoms with Gasteiger partial charge in [0.15, 0.2) is 0 Å². The van der Waals surface area contributed by atoms with Crippen LogP contribution in [0.15, 0.2) is 47.4 Å². The van der Waals surface area contributed by atoms with Crippen LogP contribution in [0.2, 0.25) is 0 Å². The second kappa shape index (κ2) is 4.11. The Bertz CT molecular complexity index is 517. The van der Waals surface area contributed by atoms with Gasteiger partial charge in [0, 0.05) is 18.0 Å². The molecule has 0 aliphatic rings. The molecule has 0 spiro atoms. The van der Waals surface area contributed by atoms with Gasteiger partial charge in [-0.05, 0) is 29.8 Å². The molecule has 0 amide bonds. The minimum Gasteiger partial charge on any atom is -0.392 e. The van der Waals surface area contributed by atoms with Crippen molar-refractivity contribution in [1.82, 2.24) is 4.57 Å². The first-order chi connectivity index (χ1) is 7.31. The highest BCUT2D eigenvalue weighted by atomic mass is 16.3. The molecule has 1 heterocycles. The summed E-state index contributed by atoms with van der Waals surface area (Å²) in [6, 6.07) is 13.1. The van der Waals surface area contributed by atoms with Gasteiger partial charge in [0.2, 0.25) is 0 Å². The second-order valence-electron chi connectivity index (χ2n) is 3.14. The zero-order valence-electron chi connectivity index (χ0n) is 8.05. The van der Waals surface area contributed by atoms with E-state index in [0.717, 1.165) is 5.69 Å². The van der Waals surface area contributed by atoms with Crippen LogP contribution >= 0.6 is 0 Å². The smallest absolute Gasteiger partial charge is 0.255 e. The molecular formula is C12H10NO2. The normalized spacial score (nSPS) is 10.2. The summed E-state index contributed by atoms with van der Waals surface area (Å²) in [4.78, 5) is 11.5. The van der Waals surface area contributed by atoms with Gasteiger partial charge in [0.1, 0.15) is 0 Å². The predicted molar refractivity (Wildman–Crippen MR) is 56.8 cm³/mol. The average Bonchev–Trinajstić information content (AvgIpc) is 2.30. The first kappa shape index (κ1) is 9.68. The third kappa shape index (κ3) is 1.97. The van der Waals surface area contributed by atoms with Gasteiger partial charge in [-0.1, -0.05) is 12.1 Å². The van der Waals surface area contributed by atoms with Crippen LogP contribution in [0.3, 0.4) is 0 Å². The van der Waals surface area contributed by atoms with Crippen molar-refractivity contribution in [2.24, 2.45) is 0 Å². The van der Waals surface area contributed by atoms with Gasteiger partial charge >= 0.3 is 0 Å². The predicted octanol–water partition coefficient (Wildman–Crippen LogP) is 1.13. The number of rotatable bonds is 2. The van der Waals surface area contributed by atoms with Crippen LogP contribution in [0.1, 0.15) is 5.56 Å². The molecule has 3 heteroatoms. The van der Waals surface area contributed by atoms with E-state index in [1.54, 1.807) is 36.5 Å². The Hall–Kier alpha value is -1.87. The molecule has 0 aliphatic heterocycles. The number of aliphatic hydroxyl groups is 1. The highest BCUT2D eigenvalue weighted by Gasteiger charge is 1.98. The average molecular weight is 200 g/mol. The van der Waals surface area contributed by atoms with Crippen LogP contribution in [-0.4, -0.2) is 9.67 Å². The van der Waals surface area contributed by atoms with E-state index < -0.39 is 0 Å². The van der Waals surface area contributed by atoms with Gasteiger partial charge in [-0.25, -0.2) is 0 Å². The van der Waals surface area contributed by atoms with Crippen molar-refractivity contribution in [1.29, 1.82) is 0 Å². The van der Waals surface area contributed by atoms with E-state index in [1.807, 2.05) is 0 Å². The fourth-order valence-electron chi connectivity index (χ4n) is 1.38. The fraction of sp³-hybridized carbons (Fsp3) is 0.0833. The van der Waals surface area contributed by atoms with E-state index in [1.165, 1.54) is 10.6 Å². The van der Waals surface area contributed by atoms with E-state index in [4.69, 9.17) is 5.11 Å². The van der Waals surface area contributed by atoms with E-state index in [2.05, 4.69) is 6.07 Å². The summed E-state index contributed by atoms with van der Waals surface area (Å²) in [6.45, 7) is -0.0740. The van der Waals surface area contributed by atoms with Crippen LogP contribution in [0.5, 0.6) is 0 Å². The van der Waals surface area contributed by atoms with Crippen molar-refractivity contribution in [2.75, 3.05) is 0 Å². The topological polar surface area (TPSA) is 42.2 Å². The first-order valence-electron chi connectivity index (χ1n) is 4.61. The summed E-state index contributed by atoms with van der Waals surface area (Å²) in [7, 11) is 0. The van der Waals surface area contributed by atoms with Gasteiger partial charge in [-0.15, -0.1) is 0 Å². The minimum absolute atomic E-state index is 0.0740. The monoisotopic (exact) mass is 200 g/mol. The fourth-order valence-corrected chi connectivity index (χ4v) is 1.38.